The smallest absolute Gasteiger partial charge is 0.240 e. The minimum atomic E-state index is -0.310. The molecule has 150 valence electrons. The van der Waals surface area contributed by atoms with E-state index in [1.807, 2.05) is 42.5 Å². The van der Waals surface area contributed by atoms with E-state index in [2.05, 4.69) is 47.5 Å². The molecule has 0 fully saturated rings. The minimum absolute atomic E-state index is 0.00526. The van der Waals surface area contributed by atoms with E-state index in [-0.39, 0.29) is 17.2 Å². The van der Waals surface area contributed by atoms with Gasteiger partial charge in [0.25, 0.3) is 0 Å². The van der Waals surface area contributed by atoms with Gasteiger partial charge in [0.05, 0.1) is 18.2 Å². The van der Waals surface area contributed by atoms with E-state index in [0.717, 1.165) is 39.7 Å². The molecular weight excluding hydrogens is 382 g/mol. The molecule has 5 nitrogen and oxygen atoms in total. The molecule has 2 heterocycles. The summed E-state index contributed by atoms with van der Waals surface area (Å²) in [5.41, 5.74) is 7.71. The van der Waals surface area contributed by atoms with E-state index in [9.17, 15) is 4.79 Å². The third-order valence-electron chi connectivity index (χ3n) is 5.25. The van der Waals surface area contributed by atoms with Gasteiger partial charge in [0.2, 0.25) is 5.91 Å². The highest BCUT2D eigenvalue weighted by molar-refractivity contribution is 8.00. The number of para-hydroxylation sites is 1. The molecule has 1 amide bonds. The number of rotatable bonds is 5. The quantitative estimate of drug-likeness (QED) is 0.640. The third kappa shape index (κ3) is 3.85. The Hall–Kier alpha value is -2.86. The average Bonchev–Trinajstić information content (AvgIpc) is 3.13. The number of carbonyl (C=O) groups excluding carboxylic acids is 1. The summed E-state index contributed by atoms with van der Waals surface area (Å²) in [4.78, 5) is 13.4. The fourth-order valence-corrected chi connectivity index (χ4v) is 4.83. The van der Waals surface area contributed by atoms with E-state index >= 15 is 0 Å². The number of carbonyl (C=O) groups is 1. The van der Waals surface area contributed by atoms with Crippen LogP contribution < -0.4 is 15.5 Å². The number of methoxy groups -OCH3 is 1. The summed E-state index contributed by atoms with van der Waals surface area (Å²) in [5.74, 6) is 0.794. The summed E-state index contributed by atoms with van der Waals surface area (Å²) in [6.07, 6.45) is 0.871. The van der Waals surface area contributed by atoms with Crippen molar-refractivity contribution in [3.63, 3.8) is 0 Å². The van der Waals surface area contributed by atoms with E-state index in [1.165, 1.54) is 0 Å². The maximum atomic E-state index is 13.4. The number of hydrogen-bond donors (Lipinski definition) is 2. The second-order valence-corrected chi connectivity index (χ2v) is 8.23. The maximum absolute atomic E-state index is 13.4. The van der Waals surface area contributed by atoms with E-state index in [1.54, 1.807) is 18.9 Å². The molecule has 2 atom stereocenters. The van der Waals surface area contributed by atoms with Crippen LogP contribution in [0.5, 0.6) is 5.75 Å². The molecule has 0 saturated carbocycles. The molecule has 2 aromatic carbocycles. The van der Waals surface area contributed by atoms with Crippen molar-refractivity contribution in [2.24, 2.45) is 0 Å². The first-order valence-corrected chi connectivity index (χ1v) is 10.6. The zero-order valence-corrected chi connectivity index (χ0v) is 17.6. The van der Waals surface area contributed by atoms with Crippen LogP contribution in [0, 0.1) is 6.92 Å². The third-order valence-corrected chi connectivity index (χ3v) is 6.55. The van der Waals surface area contributed by atoms with Crippen LogP contribution in [0.4, 0.5) is 5.69 Å². The second kappa shape index (κ2) is 8.25. The number of thioether (sulfide) groups is 1. The number of ether oxygens (including phenoxy) is 1. The molecule has 1 aromatic heterocycles. The monoisotopic (exact) mass is 407 g/mol. The minimum Gasteiger partial charge on any atom is -0.497 e. The van der Waals surface area contributed by atoms with Crippen molar-refractivity contribution in [1.82, 2.24) is 4.68 Å². The van der Waals surface area contributed by atoms with Crippen LogP contribution in [0.25, 0.3) is 0 Å². The first kappa shape index (κ1) is 19.5. The Bertz CT molecular complexity index is 1010. The van der Waals surface area contributed by atoms with E-state index < -0.39 is 0 Å². The van der Waals surface area contributed by atoms with Crippen LogP contribution in [-0.2, 0) is 11.2 Å². The molecule has 0 spiro atoms. The first-order valence-electron chi connectivity index (χ1n) is 9.75. The molecule has 0 radical (unpaired) electrons. The summed E-state index contributed by atoms with van der Waals surface area (Å²) in [7, 11) is 1.65. The second-order valence-electron chi connectivity index (χ2n) is 7.07. The van der Waals surface area contributed by atoms with Gasteiger partial charge in [-0.05, 0) is 54.8 Å². The van der Waals surface area contributed by atoms with Crippen molar-refractivity contribution in [3.8, 4) is 5.75 Å². The largest absolute Gasteiger partial charge is 0.497 e. The SMILES string of the molecule is CCc1ccccc1NC(=O)[C@H]1Sc2ccc(C)n2N[C@H]1c1ccc(OC)cc1. The number of nitrogens with one attached hydrogen (secondary N) is 2. The van der Waals surface area contributed by atoms with Gasteiger partial charge >= 0.3 is 0 Å². The molecule has 4 rings (SSSR count). The van der Waals surface area contributed by atoms with Gasteiger partial charge in [-0.25, -0.2) is 0 Å². The molecule has 0 bridgehead atoms. The number of hydrogen-bond acceptors (Lipinski definition) is 4. The number of aromatic nitrogens is 1. The Labute approximate surface area is 175 Å². The maximum Gasteiger partial charge on any atom is 0.240 e. The van der Waals surface area contributed by atoms with Crippen molar-refractivity contribution >= 4 is 23.4 Å². The van der Waals surface area contributed by atoms with Crippen molar-refractivity contribution in [3.05, 3.63) is 77.5 Å². The molecule has 1 aliphatic rings. The van der Waals surface area contributed by atoms with Gasteiger partial charge in [0.15, 0.2) is 0 Å². The fourth-order valence-electron chi connectivity index (χ4n) is 3.60. The number of nitrogens with zero attached hydrogens (tertiary/aromatic N) is 1. The Morgan fingerprint density at radius 3 is 2.62 bits per heavy atom. The normalized spacial score (nSPS) is 17.9. The van der Waals surface area contributed by atoms with Crippen LogP contribution >= 0.6 is 11.8 Å². The highest BCUT2D eigenvalue weighted by Crippen LogP contribution is 2.39. The molecule has 0 unspecified atom stereocenters. The van der Waals surface area contributed by atoms with Gasteiger partial charge in [-0.3, -0.25) is 9.47 Å². The number of benzene rings is 2. The molecule has 0 saturated heterocycles. The Kier molecular flexibility index (Phi) is 5.53. The predicted molar refractivity (Wildman–Crippen MR) is 118 cm³/mol. The molecule has 29 heavy (non-hydrogen) atoms. The summed E-state index contributed by atoms with van der Waals surface area (Å²) in [5, 5.41) is 3.89. The number of aryl methyl sites for hydroxylation is 2. The van der Waals surface area contributed by atoms with Crippen molar-refractivity contribution in [2.75, 3.05) is 17.9 Å². The zero-order valence-electron chi connectivity index (χ0n) is 16.8. The highest BCUT2D eigenvalue weighted by Gasteiger charge is 2.36. The zero-order chi connectivity index (χ0) is 20.4. The molecule has 1 aliphatic heterocycles. The van der Waals surface area contributed by atoms with Crippen LogP contribution in [0.15, 0.2) is 65.7 Å². The van der Waals surface area contributed by atoms with Gasteiger partial charge < -0.3 is 15.5 Å². The lowest BCUT2D eigenvalue weighted by molar-refractivity contribution is -0.116. The summed E-state index contributed by atoms with van der Waals surface area (Å²) < 4.78 is 7.35. The average molecular weight is 408 g/mol. The standard InChI is InChI=1S/C23H25N3O2S/c1-4-16-7-5-6-8-19(16)24-23(27)22-21(17-10-12-18(28-3)13-11-17)25-26-15(2)9-14-20(26)29-22/h5-14,21-22,25H,4H2,1-3H3,(H,24,27)/t21-,22-/m0/s1. The van der Waals surface area contributed by atoms with Crippen molar-refractivity contribution in [1.29, 1.82) is 0 Å². The topological polar surface area (TPSA) is 55.3 Å². The van der Waals surface area contributed by atoms with Gasteiger partial charge in [0, 0.05) is 11.4 Å². The van der Waals surface area contributed by atoms with Crippen molar-refractivity contribution in [2.45, 2.75) is 36.6 Å². The van der Waals surface area contributed by atoms with Crippen LogP contribution in [0.2, 0.25) is 0 Å². The molecule has 6 heteroatoms. The molecule has 0 aliphatic carbocycles. The van der Waals surface area contributed by atoms with Crippen LogP contribution in [0.3, 0.4) is 0 Å². The van der Waals surface area contributed by atoms with E-state index in [0.29, 0.717) is 0 Å². The lowest BCUT2D eigenvalue weighted by atomic mass is 10.0. The van der Waals surface area contributed by atoms with Crippen LogP contribution in [0.1, 0.15) is 29.8 Å². The predicted octanol–water partition coefficient (Wildman–Crippen LogP) is 4.77. The molecular formula is C23H25N3O2S. The number of fused-ring (bicyclic) bond motifs is 1. The highest BCUT2D eigenvalue weighted by atomic mass is 32.2. The van der Waals surface area contributed by atoms with E-state index in [4.69, 9.17) is 4.74 Å². The fraction of sp³-hybridized carbons (Fsp3) is 0.261. The molecule has 3 aromatic rings. The van der Waals surface area contributed by atoms with Crippen molar-refractivity contribution < 1.29 is 9.53 Å². The summed E-state index contributed by atoms with van der Waals surface area (Å²) in [6, 6.07) is 19.8. The number of anilines is 1. The Morgan fingerprint density at radius 1 is 1.14 bits per heavy atom. The summed E-state index contributed by atoms with van der Waals surface area (Å²) >= 11 is 1.59. The van der Waals surface area contributed by atoms with Gasteiger partial charge in [0.1, 0.15) is 11.0 Å². The summed E-state index contributed by atoms with van der Waals surface area (Å²) in [6.45, 7) is 4.15. The lowest BCUT2D eigenvalue weighted by Gasteiger charge is -2.34. The van der Waals surface area contributed by atoms with Gasteiger partial charge in [-0.15, -0.1) is 0 Å². The van der Waals surface area contributed by atoms with Gasteiger partial charge in [-0.1, -0.05) is 49.0 Å². The van der Waals surface area contributed by atoms with Crippen LogP contribution in [-0.4, -0.2) is 22.9 Å². The lowest BCUT2D eigenvalue weighted by Crippen LogP contribution is -2.41. The Morgan fingerprint density at radius 2 is 1.90 bits per heavy atom. The molecule has 2 N–H and O–H groups in total. The number of amides is 1. The Balaban J connectivity index is 1.66. The first-order chi connectivity index (χ1) is 14.1. The van der Waals surface area contributed by atoms with Gasteiger partial charge in [-0.2, -0.15) is 0 Å².